The van der Waals surface area contributed by atoms with E-state index in [0.29, 0.717) is 16.8 Å². The summed E-state index contributed by atoms with van der Waals surface area (Å²) in [7, 11) is 0. The second-order valence-corrected chi connectivity index (χ2v) is 6.33. The van der Waals surface area contributed by atoms with Crippen LogP contribution >= 0.6 is 11.6 Å². The number of hydrogen-bond acceptors (Lipinski definition) is 1. The van der Waals surface area contributed by atoms with E-state index < -0.39 is 0 Å². The van der Waals surface area contributed by atoms with Gasteiger partial charge in [-0.05, 0) is 24.8 Å². The van der Waals surface area contributed by atoms with E-state index >= 15 is 0 Å². The first-order valence-corrected chi connectivity index (χ1v) is 7.40. The Morgan fingerprint density at radius 1 is 1.12 bits per heavy atom. The fourth-order valence-electron chi connectivity index (χ4n) is 2.40. The Bertz CT molecular complexity index is 191. The molecule has 0 spiro atoms. The highest BCUT2D eigenvalue weighted by molar-refractivity contribution is 6.21. The van der Waals surface area contributed by atoms with Crippen LogP contribution in [0.2, 0.25) is 0 Å². The van der Waals surface area contributed by atoms with Crippen molar-refractivity contribution in [3.05, 3.63) is 0 Å². The maximum Gasteiger partial charge on any atom is 0.0416 e. The zero-order valence-corrected chi connectivity index (χ0v) is 11.9. The van der Waals surface area contributed by atoms with E-state index in [1.807, 2.05) is 0 Å². The highest BCUT2D eigenvalue weighted by Gasteiger charge is 2.46. The van der Waals surface area contributed by atoms with E-state index in [1.165, 1.54) is 45.1 Å². The summed E-state index contributed by atoms with van der Waals surface area (Å²) in [4.78, 5) is 0. The summed E-state index contributed by atoms with van der Waals surface area (Å²) in [5, 5.41) is 4.02. The van der Waals surface area contributed by atoms with E-state index in [4.69, 9.17) is 11.6 Å². The molecule has 1 saturated carbocycles. The maximum absolute atomic E-state index is 6.19. The van der Waals surface area contributed by atoms with Gasteiger partial charge in [0.25, 0.3) is 0 Å². The normalized spacial score (nSPS) is 27.8. The van der Waals surface area contributed by atoms with Crippen molar-refractivity contribution in [2.75, 3.05) is 6.54 Å². The van der Waals surface area contributed by atoms with Crippen molar-refractivity contribution < 1.29 is 0 Å². The standard InChI is InChI=1S/C14H28ClN/c1-4-5-6-7-8-9-10-16-13-11-12(15)14(13,2)3/h12-13,16H,4-11H2,1-3H3. The molecular weight excluding hydrogens is 218 g/mol. The molecule has 2 atom stereocenters. The summed E-state index contributed by atoms with van der Waals surface area (Å²) in [6.45, 7) is 7.98. The van der Waals surface area contributed by atoms with Crippen LogP contribution in [0.4, 0.5) is 0 Å². The third kappa shape index (κ3) is 3.92. The molecule has 0 amide bonds. The van der Waals surface area contributed by atoms with E-state index in [9.17, 15) is 0 Å². The Hall–Kier alpha value is 0.250. The van der Waals surface area contributed by atoms with Crippen LogP contribution in [0.1, 0.15) is 65.7 Å². The lowest BCUT2D eigenvalue weighted by atomic mass is 9.67. The molecule has 1 aliphatic carbocycles. The first kappa shape index (κ1) is 14.3. The Morgan fingerprint density at radius 3 is 2.31 bits per heavy atom. The predicted octanol–water partition coefficient (Wildman–Crippen LogP) is 4.34. The molecule has 96 valence electrons. The lowest BCUT2D eigenvalue weighted by Gasteiger charge is -2.49. The Kier molecular flexibility index (Phi) is 6.13. The number of rotatable bonds is 8. The van der Waals surface area contributed by atoms with Gasteiger partial charge in [-0.1, -0.05) is 52.9 Å². The molecule has 2 unspecified atom stereocenters. The van der Waals surface area contributed by atoms with Crippen LogP contribution < -0.4 is 5.32 Å². The lowest BCUT2D eigenvalue weighted by Crippen LogP contribution is -2.57. The summed E-state index contributed by atoms with van der Waals surface area (Å²) >= 11 is 6.19. The van der Waals surface area contributed by atoms with Crippen LogP contribution in [-0.2, 0) is 0 Å². The number of unbranched alkanes of at least 4 members (excludes halogenated alkanes) is 5. The number of hydrogen-bond donors (Lipinski definition) is 1. The molecule has 0 saturated heterocycles. The van der Waals surface area contributed by atoms with Gasteiger partial charge in [0.1, 0.15) is 0 Å². The zero-order valence-electron chi connectivity index (χ0n) is 11.2. The van der Waals surface area contributed by atoms with E-state index in [1.54, 1.807) is 0 Å². The zero-order chi connectivity index (χ0) is 12.0. The maximum atomic E-state index is 6.19. The second kappa shape index (κ2) is 6.86. The summed E-state index contributed by atoms with van der Waals surface area (Å²) in [6.07, 6.45) is 9.40. The average molecular weight is 246 g/mol. The number of halogens is 1. The van der Waals surface area contributed by atoms with Crippen molar-refractivity contribution in [3.8, 4) is 0 Å². The Morgan fingerprint density at radius 2 is 1.75 bits per heavy atom. The van der Waals surface area contributed by atoms with Crippen molar-refractivity contribution in [2.24, 2.45) is 5.41 Å². The molecule has 0 aromatic carbocycles. The van der Waals surface area contributed by atoms with Gasteiger partial charge in [-0.25, -0.2) is 0 Å². The Balaban J connectivity index is 1.93. The quantitative estimate of drug-likeness (QED) is 0.496. The monoisotopic (exact) mass is 245 g/mol. The first-order valence-electron chi connectivity index (χ1n) is 6.96. The van der Waals surface area contributed by atoms with Gasteiger partial charge in [0.05, 0.1) is 0 Å². The Labute approximate surface area is 106 Å². The third-order valence-electron chi connectivity index (χ3n) is 4.07. The highest BCUT2D eigenvalue weighted by atomic mass is 35.5. The van der Waals surface area contributed by atoms with Crippen molar-refractivity contribution in [2.45, 2.75) is 77.1 Å². The fraction of sp³-hybridized carbons (Fsp3) is 1.00. The third-order valence-corrected chi connectivity index (χ3v) is 4.81. The molecule has 1 fully saturated rings. The molecule has 0 aromatic rings. The van der Waals surface area contributed by atoms with Crippen LogP contribution in [-0.4, -0.2) is 18.0 Å². The van der Waals surface area contributed by atoms with Crippen molar-refractivity contribution in [1.82, 2.24) is 5.32 Å². The van der Waals surface area contributed by atoms with Gasteiger partial charge in [-0.15, -0.1) is 11.6 Å². The number of alkyl halides is 1. The fourth-order valence-corrected chi connectivity index (χ4v) is 2.73. The van der Waals surface area contributed by atoms with E-state index in [-0.39, 0.29) is 0 Å². The molecule has 1 rings (SSSR count). The van der Waals surface area contributed by atoms with Crippen molar-refractivity contribution in [1.29, 1.82) is 0 Å². The van der Waals surface area contributed by atoms with Gasteiger partial charge in [-0.3, -0.25) is 0 Å². The molecule has 2 heteroatoms. The van der Waals surface area contributed by atoms with Crippen LogP contribution in [0.3, 0.4) is 0 Å². The number of nitrogens with one attached hydrogen (secondary N) is 1. The van der Waals surface area contributed by atoms with E-state index in [0.717, 1.165) is 6.42 Å². The molecule has 1 aliphatic rings. The SMILES string of the molecule is CCCCCCCCNC1CC(Cl)C1(C)C. The van der Waals surface area contributed by atoms with Gasteiger partial charge < -0.3 is 5.32 Å². The molecule has 0 aromatic heterocycles. The second-order valence-electron chi connectivity index (χ2n) is 5.80. The highest BCUT2D eigenvalue weighted by Crippen LogP contribution is 2.44. The van der Waals surface area contributed by atoms with Crippen molar-refractivity contribution >= 4 is 11.6 Å². The van der Waals surface area contributed by atoms with Gasteiger partial charge in [0, 0.05) is 11.4 Å². The predicted molar refractivity (Wildman–Crippen MR) is 73.2 cm³/mol. The van der Waals surface area contributed by atoms with Crippen molar-refractivity contribution in [3.63, 3.8) is 0 Å². The smallest absolute Gasteiger partial charge is 0.0416 e. The van der Waals surface area contributed by atoms with Gasteiger partial charge >= 0.3 is 0 Å². The van der Waals surface area contributed by atoms with Crippen LogP contribution in [0.5, 0.6) is 0 Å². The molecular formula is C14H28ClN. The molecule has 16 heavy (non-hydrogen) atoms. The van der Waals surface area contributed by atoms with E-state index in [2.05, 4.69) is 26.1 Å². The summed E-state index contributed by atoms with van der Waals surface area (Å²) in [6, 6.07) is 0.644. The molecule has 0 aliphatic heterocycles. The summed E-state index contributed by atoms with van der Waals surface area (Å²) in [5.41, 5.74) is 0.295. The molecule has 1 nitrogen and oxygen atoms in total. The summed E-state index contributed by atoms with van der Waals surface area (Å²) in [5.74, 6) is 0. The van der Waals surface area contributed by atoms with Crippen LogP contribution in [0.25, 0.3) is 0 Å². The van der Waals surface area contributed by atoms with Crippen LogP contribution in [0, 0.1) is 5.41 Å². The molecule has 0 heterocycles. The minimum absolute atomic E-state index is 0.295. The summed E-state index contributed by atoms with van der Waals surface area (Å²) < 4.78 is 0. The first-order chi connectivity index (χ1) is 7.59. The molecule has 1 N–H and O–H groups in total. The minimum Gasteiger partial charge on any atom is -0.313 e. The largest absolute Gasteiger partial charge is 0.313 e. The molecule has 0 bridgehead atoms. The minimum atomic E-state index is 0.295. The van der Waals surface area contributed by atoms with Gasteiger partial charge in [-0.2, -0.15) is 0 Å². The molecule has 0 radical (unpaired) electrons. The lowest BCUT2D eigenvalue weighted by molar-refractivity contribution is 0.117. The average Bonchev–Trinajstić information content (AvgIpc) is 2.26. The van der Waals surface area contributed by atoms with Gasteiger partial charge in [0.2, 0.25) is 0 Å². The topological polar surface area (TPSA) is 12.0 Å². The van der Waals surface area contributed by atoms with Crippen LogP contribution in [0.15, 0.2) is 0 Å². The van der Waals surface area contributed by atoms with Gasteiger partial charge in [0.15, 0.2) is 0 Å².